The smallest absolute Gasteiger partial charge is 0.271 e. The lowest BCUT2D eigenvalue weighted by Crippen LogP contribution is -2.24. The van der Waals surface area contributed by atoms with Crippen LogP contribution in [-0.4, -0.2) is 49.6 Å². The van der Waals surface area contributed by atoms with E-state index in [1.165, 1.54) is 11.3 Å². The molecule has 1 aromatic carbocycles. The predicted molar refractivity (Wildman–Crippen MR) is 96.5 cm³/mol. The zero-order chi connectivity index (χ0) is 17.4. The average Bonchev–Trinajstić information content (AvgIpc) is 3.02. The van der Waals surface area contributed by atoms with Crippen LogP contribution in [0, 0.1) is 0 Å². The van der Waals surface area contributed by atoms with Crippen LogP contribution in [0.2, 0.25) is 0 Å². The summed E-state index contributed by atoms with van der Waals surface area (Å²) in [5.41, 5.74) is 6.89. The maximum absolute atomic E-state index is 12.2. The molecule has 6 nitrogen and oxygen atoms in total. The number of ether oxygens (including phenoxy) is 1. The fourth-order valence-electron chi connectivity index (χ4n) is 2.05. The highest BCUT2D eigenvalue weighted by atomic mass is 32.1. The van der Waals surface area contributed by atoms with Gasteiger partial charge in [-0.2, -0.15) is 0 Å². The Bertz CT molecular complexity index is 658. The number of rotatable bonds is 9. The minimum absolute atomic E-state index is 0.183. The van der Waals surface area contributed by atoms with Gasteiger partial charge in [0.2, 0.25) is 0 Å². The quantitative estimate of drug-likeness (QED) is 0.718. The zero-order valence-electron chi connectivity index (χ0n) is 14.1. The number of carbonyl (C=O) groups excluding carboxylic acids is 1. The van der Waals surface area contributed by atoms with Gasteiger partial charge in [-0.15, -0.1) is 11.3 Å². The summed E-state index contributed by atoms with van der Waals surface area (Å²) in [6.07, 6.45) is 0.695. The first-order chi connectivity index (χ1) is 11.6. The third-order valence-corrected chi connectivity index (χ3v) is 4.26. The van der Waals surface area contributed by atoms with Crippen LogP contribution in [0.1, 0.15) is 21.1 Å². The van der Waals surface area contributed by atoms with Crippen LogP contribution in [-0.2, 0) is 13.0 Å². The van der Waals surface area contributed by atoms with Gasteiger partial charge < -0.3 is 20.7 Å². The predicted octanol–water partition coefficient (Wildman–Crippen LogP) is 1.51. The molecule has 1 heterocycles. The number of hydrogen-bond donors (Lipinski definition) is 2. The summed E-state index contributed by atoms with van der Waals surface area (Å²) in [6.45, 7) is 2.38. The Morgan fingerprint density at radius 3 is 2.92 bits per heavy atom. The Hall–Kier alpha value is -1.96. The summed E-state index contributed by atoms with van der Waals surface area (Å²) in [5.74, 6) is 0.611. The minimum Gasteiger partial charge on any atom is -0.492 e. The normalized spacial score (nSPS) is 10.8. The monoisotopic (exact) mass is 348 g/mol. The first-order valence-corrected chi connectivity index (χ1v) is 8.76. The van der Waals surface area contributed by atoms with E-state index in [4.69, 9.17) is 10.5 Å². The van der Waals surface area contributed by atoms with Crippen LogP contribution < -0.4 is 15.8 Å². The van der Waals surface area contributed by atoms with Gasteiger partial charge in [-0.05, 0) is 26.7 Å². The first-order valence-electron chi connectivity index (χ1n) is 7.88. The third kappa shape index (κ3) is 5.59. The lowest BCUT2D eigenvalue weighted by molar-refractivity contribution is 0.0946. The van der Waals surface area contributed by atoms with E-state index < -0.39 is 0 Å². The molecule has 0 saturated heterocycles. The van der Waals surface area contributed by atoms with Crippen molar-refractivity contribution >= 4 is 17.2 Å². The second kappa shape index (κ2) is 9.36. The topological polar surface area (TPSA) is 80.5 Å². The van der Waals surface area contributed by atoms with Crippen LogP contribution >= 0.6 is 11.3 Å². The van der Waals surface area contributed by atoms with Crippen molar-refractivity contribution in [2.24, 2.45) is 5.73 Å². The Morgan fingerprint density at radius 2 is 2.17 bits per heavy atom. The van der Waals surface area contributed by atoms with Crippen LogP contribution in [0.4, 0.5) is 0 Å². The van der Waals surface area contributed by atoms with E-state index in [1.807, 2.05) is 38.4 Å². The Balaban J connectivity index is 1.91. The average molecular weight is 348 g/mol. The van der Waals surface area contributed by atoms with E-state index in [9.17, 15) is 4.79 Å². The zero-order valence-corrected chi connectivity index (χ0v) is 14.9. The molecule has 0 aliphatic heterocycles. The Labute approximate surface area is 146 Å². The molecule has 0 saturated carbocycles. The van der Waals surface area contributed by atoms with Crippen LogP contribution in [0.5, 0.6) is 5.75 Å². The lowest BCUT2D eigenvalue weighted by atomic mass is 10.2. The molecule has 2 aromatic rings. The van der Waals surface area contributed by atoms with Crippen molar-refractivity contribution in [3.8, 4) is 5.75 Å². The van der Waals surface area contributed by atoms with E-state index in [2.05, 4.69) is 15.2 Å². The number of thiazole rings is 1. The highest BCUT2D eigenvalue weighted by Gasteiger charge is 2.11. The molecular formula is C17H24N4O2S. The fraction of sp³-hybridized carbons (Fsp3) is 0.412. The van der Waals surface area contributed by atoms with Crippen LogP contribution in [0.3, 0.4) is 0 Å². The molecule has 7 heteroatoms. The van der Waals surface area contributed by atoms with E-state index in [-0.39, 0.29) is 5.91 Å². The summed E-state index contributed by atoms with van der Waals surface area (Å²) in [5, 5.41) is 5.54. The second-order valence-electron chi connectivity index (χ2n) is 5.61. The molecule has 3 N–H and O–H groups in total. The number of nitrogens with two attached hydrogens (primary N) is 1. The van der Waals surface area contributed by atoms with Crippen LogP contribution in [0.25, 0.3) is 0 Å². The van der Waals surface area contributed by atoms with Gasteiger partial charge in [0.25, 0.3) is 5.91 Å². The van der Waals surface area contributed by atoms with Gasteiger partial charge in [-0.25, -0.2) is 4.98 Å². The number of nitrogens with zero attached hydrogens (tertiary/aromatic N) is 2. The van der Waals surface area contributed by atoms with Crippen molar-refractivity contribution in [3.63, 3.8) is 0 Å². The highest BCUT2D eigenvalue weighted by Crippen LogP contribution is 2.18. The van der Waals surface area contributed by atoms with Crippen LogP contribution in [0.15, 0.2) is 29.6 Å². The summed E-state index contributed by atoms with van der Waals surface area (Å²) >= 11 is 1.46. The molecule has 0 unspecified atom stereocenters. The largest absolute Gasteiger partial charge is 0.492 e. The summed E-state index contributed by atoms with van der Waals surface area (Å²) in [7, 11) is 4.00. The number of para-hydroxylation sites is 1. The maximum Gasteiger partial charge on any atom is 0.271 e. The van der Waals surface area contributed by atoms with Gasteiger partial charge in [0, 0.05) is 30.5 Å². The van der Waals surface area contributed by atoms with Gasteiger partial charge in [0.1, 0.15) is 18.1 Å². The van der Waals surface area contributed by atoms with Crippen molar-refractivity contribution in [2.75, 3.05) is 33.8 Å². The molecule has 1 amide bonds. The second-order valence-corrected chi connectivity index (χ2v) is 6.55. The van der Waals surface area contributed by atoms with Gasteiger partial charge in [0.05, 0.1) is 5.01 Å². The number of hydrogen-bond acceptors (Lipinski definition) is 6. The van der Waals surface area contributed by atoms with Gasteiger partial charge in [0.15, 0.2) is 0 Å². The van der Waals surface area contributed by atoms with Crippen molar-refractivity contribution in [1.29, 1.82) is 0 Å². The molecule has 0 aliphatic rings. The maximum atomic E-state index is 12.2. The van der Waals surface area contributed by atoms with Gasteiger partial charge >= 0.3 is 0 Å². The Morgan fingerprint density at radius 1 is 1.38 bits per heavy atom. The number of nitrogens with one attached hydrogen (secondary N) is 1. The van der Waals surface area contributed by atoms with Gasteiger partial charge in [-0.3, -0.25) is 4.79 Å². The molecule has 130 valence electrons. The molecule has 0 aliphatic carbocycles. The van der Waals surface area contributed by atoms with E-state index in [1.54, 1.807) is 5.38 Å². The summed E-state index contributed by atoms with van der Waals surface area (Å²) in [6, 6.07) is 7.73. The third-order valence-electron chi connectivity index (χ3n) is 3.35. The number of carbonyl (C=O) groups is 1. The highest BCUT2D eigenvalue weighted by molar-refractivity contribution is 7.09. The SMILES string of the molecule is CN(C)CCOc1ccccc1CNC(=O)c1csc(CCN)n1. The molecule has 0 radical (unpaired) electrons. The molecule has 1 aromatic heterocycles. The number of likely N-dealkylation sites (N-methyl/N-ethyl adjacent to an activating group) is 1. The molecule has 0 bridgehead atoms. The number of aromatic nitrogens is 1. The Kier molecular flexibility index (Phi) is 7.17. The fourth-order valence-corrected chi connectivity index (χ4v) is 2.84. The molecule has 0 fully saturated rings. The van der Waals surface area contributed by atoms with Crippen molar-refractivity contribution < 1.29 is 9.53 Å². The molecule has 0 atom stereocenters. The number of amides is 1. The van der Waals surface area contributed by atoms with E-state index in [0.717, 1.165) is 22.9 Å². The molecule has 0 spiro atoms. The van der Waals surface area contributed by atoms with E-state index in [0.29, 0.717) is 31.8 Å². The number of benzene rings is 1. The summed E-state index contributed by atoms with van der Waals surface area (Å²) < 4.78 is 5.80. The first kappa shape index (κ1) is 18.4. The van der Waals surface area contributed by atoms with Crippen molar-refractivity contribution in [2.45, 2.75) is 13.0 Å². The molecular weight excluding hydrogens is 324 g/mol. The summed E-state index contributed by atoms with van der Waals surface area (Å²) in [4.78, 5) is 18.6. The van der Waals surface area contributed by atoms with Gasteiger partial charge in [-0.1, -0.05) is 18.2 Å². The lowest BCUT2D eigenvalue weighted by Gasteiger charge is -2.14. The molecule has 24 heavy (non-hydrogen) atoms. The van der Waals surface area contributed by atoms with Crippen molar-refractivity contribution in [1.82, 2.24) is 15.2 Å². The van der Waals surface area contributed by atoms with E-state index >= 15 is 0 Å². The molecule has 2 rings (SSSR count). The standard InChI is InChI=1S/C17H24N4O2S/c1-21(2)9-10-23-15-6-4-3-5-13(15)11-19-17(22)14-12-24-16(20-14)7-8-18/h3-6,12H,7-11,18H2,1-2H3,(H,19,22). The minimum atomic E-state index is -0.183. The van der Waals surface area contributed by atoms with Crippen molar-refractivity contribution in [3.05, 3.63) is 45.9 Å².